The minimum atomic E-state index is -0.717. The summed E-state index contributed by atoms with van der Waals surface area (Å²) in [6.07, 6.45) is 4.98. The van der Waals surface area contributed by atoms with Crippen LogP contribution in [0, 0.1) is 5.92 Å². The number of nitrogens with zero attached hydrogens (tertiary/aromatic N) is 2. The van der Waals surface area contributed by atoms with Crippen LogP contribution in [0.5, 0.6) is 0 Å². The Balaban J connectivity index is 1.25. The highest BCUT2D eigenvalue weighted by molar-refractivity contribution is 6.33. The van der Waals surface area contributed by atoms with Gasteiger partial charge in [-0.25, -0.2) is 4.79 Å². The van der Waals surface area contributed by atoms with Gasteiger partial charge >= 0.3 is 6.03 Å². The maximum atomic E-state index is 12.8. The number of carbonyl (C=O) groups excluding carboxylic acids is 4. The van der Waals surface area contributed by atoms with Gasteiger partial charge in [0.15, 0.2) is 0 Å². The Morgan fingerprint density at radius 1 is 1.16 bits per heavy atom. The van der Waals surface area contributed by atoms with Gasteiger partial charge < -0.3 is 15.5 Å². The first-order valence-corrected chi connectivity index (χ1v) is 11.3. The topological polar surface area (TPSA) is 98.8 Å². The second kappa shape index (κ2) is 8.86. The molecule has 31 heavy (non-hydrogen) atoms. The smallest absolute Gasteiger partial charge is 0.325 e. The molecule has 1 aliphatic carbocycles. The summed E-state index contributed by atoms with van der Waals surface area (Å²) in [5.74, 6) is -0.930. The van der Waals surface area contributed by atoms with Gasteiger partial charge in [0, 0.05) is 26.1 Å². The third-order valence-corrected chi connectivity index (χ3v) is 6.77. The van der Waals surface area contributed by atoms with Crippen molar-refractivity contribution < 1.29 is 19.2 Å². The predicted octanol–water partition coefficient (Wildman–Crippen LogP) is 2.45. The van der Waals surface area contributed by atoms with Crippen LogP contribution in [0.1, 0.15) is 44.9 Å². The molecule has 0 radical (unpaired) electrons. The molecule has 8 nitrogen and oxygen atoms in total. The molecule has 2 saturated heterocycles. The minimum Gasteiger partial charge on any atom is -0.356 e. The maximum Gasteiger partial charge on any atom is 0.325 e. The molecule has 166 valence electrons. The van der Waals surface area contributed by atoms with Crippen LogP contribution in [-0.2, 0) is 14.4 Å². The van der Waals surface area contributed by atoms with Crippen molar-refractivity contribution in [2.24, 2.45) is 5.92 Å². The lowest BCUT2D eigenvalue weighted by molar-refractivity contribution is -0.132. The van der Waals surface area contributed by atoms with E-state index in [1.807, 2.05) is 0 Å². The first kappa shape index (κ1) is 21.6. The van der Waals surface area contributed by atoms with E-state index < -0.39 is 11.5 Å². The highest BCUT2D eigenvalue weighted by Crippen LogP contribution is 2.34. The van der Waals surface area contributed by atoms with E-state index in [1.165, 1.54) is 4.90 Å². The number of carbonyl (C=O) groups is 4. The standard InChI is InChI=1S/C22H27ClN4O4/c23-16-7-2-3-8-17(16)27-14-15(13-18(27)28)19(29)24-11-6-12-26-20(30)22(25-21(26)31)9-4-1-5-10-22/h2-3,7-8,15H,1,4-6,9-14H2,(H,24,29)(H,25,31). The van der Waals surface area contributed by atoms with Gasteiger partial charge in [0.05, 0.1) is 16.6 Å². The number of halogens is 1. The molecular formula is C22H27ClN4O4. The molecular weight excluding hydrogens is 420 g/mol. The molecule has 1 atom stereocenters. The Morgan fingerprint density at radius 2 is 1.90 bits per heavy atom. The van der Waals surface area contributed by atoms with Crippen LogP contribution in [0.3, 0.4) is 0 Å². The van der Waals surface area contributed by atoms with Crippen LogP contribution in [0.4, 0.5) is 10.5 Å². The number of anilines is 1. The molecule has 3 fully saturated rings. The zero-order chi connectivity index (χ0) is 22.0. The number of hydrogen-bond donors (Lipinski definition) is 2. The third kappa shape index (κ3) is 4.26. The molecule has 1 aromatic rings. The van der Waals surface area contributed by atoms with Gasteiger partial charge in [-0.3, -0.25) is 19.3 Å². The van der Waals surface area contributed by atoms with Crippen molar-refractivity contribution in [2.45, 2.75) is 50.5 Å². The monoisotopic (exact) mass is 446 g/mol. The summed E-state index contributed by atoms with van der Waals surface area (Å²) < 4.78 is 0. The third-order valence-electron chi connectivity index (χ3n) is 6.45. The van der Waals surface area contributed by atoms with E-state index in [4.69, 9.17) is 11.6 Å². The molecule has 2 N–H and O–H groups in total. The lowest BCUT2D eigenvalue weighted by atomic mass is 9.82. The normalized spacial score (nSPS) is 22.9. The number of imide groups is 1. The molecule has 2 aliphatic heterocycles. The Kier molecular flexibility index (Phi) is 6.18. The minimum absolute atomic E-state index is 0.132. The number of rotatable bonds is 6. The molecule has 0 aromatic heterocycles. The van der Waals surface area contributed by atoms with Crippen molar-refractivity contribution in [3.05, 3.63) is 29.3 Å². The van der Waals surface area contributed by atoms with Crippen LogP contribution >= 0.6 is 11.6 Å². The quantitative estimate of drug-likeness (QED) is 0.518. The predicted molar refractivity (Wildman–Crippen MR) is 116 cm³/mol. The van der Waals surface area contributed by atoms with Crippen LogP contribution in [0.15, 0.2) is 24.3 Å². The molecule has 3 aliphatic rings. The molecule has 1 saturated carbocycles. The fraction of sp³-hybridized carbons (Fsp3) is 0.545. The van der Waals surface area contributed by atoms with Crippen LogP contribution in [-0.4, -0.2) is 53.8 Å². The van der Waals surface area contributed by atoms with Crippen LogP contribution in [0.25, 0.3) is 0 Å². The van der Waals surface area contributed by atoms with E-state index in [-0.39, 0.29) is 43.3 Å². The van der Waals surface area contributed by atoms with E-state index in [1.54, 1.807) is 29.2 Å². The van der Waals surface area contributed by atoms with Crippen molar-refractivity contribution >= 4 is 41.0 Å². The van der Waals surface area contributed by atoms with Gasteiger partial charge in [-0.15, -0.1) is 0 Å². The largest absolute Gasteiger partial charge is 0.356 e. The highest BCUT2D eigenvalue weighted by Gasteiger charge is 2.50. The molecule has 1 spiro atoms. The Morgan fingerprint density at radius 3 is 2.65 bits per heavy atom. The van der Waals surface area contributed by atoms with Gasteiger partial charge in [0.25, 0.3) is 5.91 Å². The molecule has 9 heteroatoms. The Bertz CT molecular complexity index is 899. The van der Waals surface area contributed by atoms with Crippen molar-refractivity contribution in [2.75, 3.05) is 24.5 Å². The number of urea groups is 1. The van der Waals surface area contributed by atoms with Gasteiger partial charge in [0.1, 0.15) is 5.54 Å². The molecule has 1 unspecified atom stereocenters. The number of amides is 5. The van der Waals surface area contributed by atoms with Crippen LogP contribution in [0.2, 0.25) is 5.02 Å². The Hall–Kier alpha value is -2.61. The summed E-state index contributed by atoms with van der Waals surface area (Å²) in [5.41, 5.74) is -0.106. The maximum absolute atomic E-state index is 12.8. The van der Waals surface area contributed by atoms with Gasteiger partial charge in [-0.1, -0.05) is 43.0 Å². The number of nitrogens with one attached hydrogen (secondary N) is 2. The van der Waals surface area contributed by atoms with Crippen molar-refractivity contribution in [1.29, 1.82) is 0 Å². The lowest BCUT2D eigenvalue weighted by Gasteiger charge is -2.30. The zero-order valence-electron chi connectivity index (χ0n) is 17.4. The van der Waals surface area contributed by atoms with Gasteiger partial charge in [-0.05, 0) is 31.4 Å². The van der Waals surface area contributed by atoms with Crippen molar-refractivity contribution in [1.82, 2.24) is 15.5 Å². The molecule has 5 amide bonds. The average Bonchev–Trinajstić information content (AvgIpc) is 3.24. The first-order chi connectivity index (χ1) is 14.9. The highest BCUT2D eigenvalue weighted by atomic mass is 35.5. The van der Waals surface area contributed by atoms with Crippen molar-refractivity contribution in [3.8, 4) is 0 Å². The second-order valence-electron chi connectivity index (χ2n) is 8.53. The molecule has 4 rings (SSSR count). The lowest BCUT2D eigenvalue weighted by Crippen LogP contribution is -2.48. The first-order valence-electron chi connectivity index (χ1n) is 10.9. The summed E-state index contributed by atoms with van der Waals surface area (Å²) in [4.78, 5) is 52.8. The molecule has 2 heterocycles. The summed E-state index contributed by atoms with van der Waals surface area (Å²) in [6.45, 7) is 0.881. The van der Waals surface area contributed by atoms with E-state index in [9.17, 15) is 19.2 Å². The van der Waals surface area contributed by atoms with E-state index >= 15 is 0 Å². The fourth-order valence-corrected chi connectivity index (χ4v) is 4.99. The summed E-state index contributed by atoms with van der Waals surface area (Å²) >= 11 is 6.18. The summed E-state index contributed by atoms with van der Waals surface area (Å²) in [7, 11) is 0. The van der Waals surface area contributed by atoms with E-state index in [2.05, 4.69) is 10.6 Å². The molecule has 0 bridgehead atoms. The van der Waals surface area contributed by atoms with Gasteiger partial charge in [-0.2, -0.15) is 0 Å². The van der Waals surface area contributed by atoms with E-state index in [0.29, 0.717) is 36.5 Å². The number of para-hydroxylation sites is 1. The Labute approximate surface area is 186 Å². The number of benzene rings is 1. The molecule has 1 aromatic carbocycles. The second-order valence-corrected chi connectivity index (χ2v) is 8.94. The average molecular weight is 447 g/mol. The summed E-state index contributed by atoms with van der Waals surface area (Å²) in [5, 5.41) is 6.20. The van der Waals surface area contributed by atoms with Gasteiger partial charge in [0.2, 0.25) is 11.8 Å². The van der Waals surface area contributed by atoms with Crippen molar-refractivity contribution in [3.63, 3.8) is 0 Å². The van der Waals surface area contributed by atoms with Crippen LogP contribution < -0.4 is 15.5 Å². The number of hydrogen-bond acceptors (Lipinski definition) is 4. The fourth-order valence-electron chi connectivity index (χ4n) is 4.75. The SMILES string of the molecule is O=C(NCCCN1C(=O)NC2(CCCCC2)C1=O)C1CC(=O)N(c2ccccc2Cl)C1. The summed E-state index contributed by atoms with van der Waals surface area (Å²) in [6, 6.07) is 6.73. The zero-order valence-corrected chi connectivity index (χ0v) is 18.1. The van der Waals surface area contributed by atoms with E-state index in [0.717, 1.165) is 19.3 Å².